The fourth-order valence-corrected chi connectivity index (χ4v) is 3.02. The molecule has 0 aliphatic rings. The Labute approximate surface area is 149 Å². The molecule has 0 fully saturated rings. The molecule has 0 spiro atoms. The van der Waals surface area contributed by atoms with Crippen LogP contribution in [0.2, 0.25) is 0 Å². The first-order chi connectivity index (χ1) is 12.2. The standard InChI is InChI=1S/C21H26N4/c1-4-6-7-8-9-10-16(5-2)21-19-13-17(11-12-20(19)23-24-21)18-14-22-25(3)15-18/h5,9-15H,4,6-8H2,1-3H3,(H,23,24)/b10-9+,16-5+. The summed E-state index contributed by atoms with van der Waals surface area (Å²) in [5.74, 6) is 0. The minimum absolute atomic E-state index is 1.01. The molecule has 3 aromatic rings. The van der Waals surface area contributed by atoms with Crippen LogP contribution >= 0.6 is 0 Å². The van der Waals surface area contributed by atoms with Crippen molar-refractivity contribution in [1.29, 1.82) is 0 Å². The number of benzene rings is 1. The Balaban J connectivity index is 1.90. The summed E-state index contributed by atoms with van der Waals surface area (Å²) in [5.41, 5.74) is 5.50. The Morgan fingerprint density at radius 1 is 1.24 bits per heavy atom. The molecule has 2 heterocycles. The van der Waals surface area contributed by atoms with Crippen molar-refractivity contribution in [1.82, 2.24) is 20.0 Å². The van der Waals surface area contributed by atoms with Gasteiger partial charge in [-0.1, -0.05) is 44.1 Å². The van der Waals surface area contributed by atoms with E-state index in [1.807, 2.05) is 24.1 Å². The third-order valence-corrected chi connectivity index (χ3v) is 4.46. The molecule has 0 atom stereocenters. The summed E-state index contributed by atoms with van der Waals surface area (Å²) in [7, 11) is 1.94. The molecule has 2 aromatic heterocycles. The van der Waals surface area contributed by atoms with Crippen molar-refractivity contribution >= 4 is 16.5 Å². The van der Waals surface area contributed by atoms with Gasteiger partial charge in [-0.2, -0.15) is 10.2 Å². The highest BCUT2D eigenvalue weighted by Gasteiger charge is 2.10. The first kappa shape index (κ1) is 17.2. The third-order valence-electron chi connectivity index (χ3n) is 4.46. The molecule has 0 bridgehead atoms. The number of fused-ring (bicyclic) bond motifs is 1. The van der Waals surface area contributed by atoms with E-state index in [1.54, 1.807) is 0 Å². The lowest BCUT2D eigenvalue weighted by molar-refractivity contribution is 0.729. The molecule has 3 rings (SSSR count). The predicted molar refractivity (Wildman–Crippen MR) is 105 cm³/mol. The van der Waals surface area contributed by atoms with E-state index in [-0.39, 0.29) is 0 Å². The minimum Gasteiger partial charge on any atom is -0.277 e. The van der Waals surface area contributed by atoms with Crippen molar-refractivity contribution in [2.24, 2.45) is 7.05 Å². The number of nitrogens with one attached hydrogen (secondary N) is 1. The Morgan fingerprint density at radius 2 is 2.12 bits per heavy atom. The Bertz CT molecular complexity index is 896. The monoisotopic (exact) mass is 334 g/mol. The SMILES string of the molecule is C/C=C(\C=C\CCCCC)c1n[nH]c2ccc(-c3cnn(C)c3)cc12. The zero-order chi connectivity index (χ0) is 17.6. The summed E-state index contributed by atoms with van der Waals surface area (Å²) in [4.78, 5) is 0. The first-order valence-corrected chi connectivity index (χ1v) is 9.03. The van der Waals surface area contributed by atoms with Crippen LogP contribution in [0.15, 0.2) is 48.8 Å². The summed E-state index contributed by atoms with van der Waals surface area (Å²) in [6.07, 6.45) is 15.4. The molecule has 0 saturated carbocycles. The van der Waals surface area contributed by atoms with E-state index >= 15 is 0 Å². The molecule has 1 aromatic carbocycles. The number of rotatable bonds is 7. The maximum absolute atomic E-state index is 4.56. The highest BCUT2D eigenvalue weighted by molar-refractivity contribution is 5.95. The molecule has 0 amide bonds. The zero-order valence-corrected chi connectivity index (χ0v) is 15.3. The second-order valence-electron chi connectivity index (χ2n) is 6.38. The molecule has 25 heavy (non-hydrogen) atoms. The van der Waals surface area contributed by atoms with Crippen LogP contribution in [-0.2, 0) is 7.05 Å². The molecule has 1 N–H and O–H groups in total. The van der Waals surface area contributed by atoms with Crippen LogP contribution in [0.25, 0.3) is 27.6 Å². The Kier molecular flexibility index (Phi) is 5.49. The number of aryl methyl sites for hydroxylation is 1. The summed E-state index contributed by atoms with van der Waals surface area (Å²) in [6, 6.07) is 6.39. The highest BCUT2D eigenvalue weighted by atomic mass is 15.2. The lowest BCUT2D eigenvalue weighted by atomic mass is 10.0. The smallest absolute Gasteiger partial charge is 0.0996 e. The fraction of sp³-hybridized carbons (Fsp3) is 0.333. The van der Waals surface area contributed by atoms with Crippen LogP contribution in [0.4, 0.5) is 0 Å². The third kappa shape index (κ3) is 3.90. The molecule has 4 nitrogen and oxygen atoms in total. The molecule has 130 valence electrons. The number of H-pyrrole nitrogens is 1. The van der Waals surface area contributed by atoms with E-state index in [0.717, 1.165) is 39.7 Å². The molecule has 0 aliphatic carbocycles. The normalized spacial score (nSPS) is 12.5. The van der Waals surface area contributed by atoms with Gasteiger partial charge in [-0.3, -0.25) is 9.78 Å². The quantitative estimate of drug-likeness (QED) is 0.458. The lowest BCUT2D eigenvalue weighted by Gasteiger charge is -2.01. The molecule has 0 aliphatic heterocycles. The fourth-order valence-electron chi connectivity index (χ4n) is 3.02. The van der Waals surface area contributed by atoms with Gasteiger partial charge in [-0.15, -0.1) is 0 Å². The maximum Gasteiger partial charge on any atom is 0.0996 e. The summed E-state index contributed by atoms with van der Waals surface area (Å²) >= 11 is 0. The summed E-state index contributed by atoms with van der Waals surface area (Å²) in [6.45, 7) is 4.30. The average Bonchev–Trinajstić information content (AvgIpc) is 3.24. The van der Waals surface area contributed by atoms with Crippen molar-refractivity contribution in [3.8, 4) is 11.1 Å². The number of allylic oxidation sites excluding steroid dienone is 4. The summed E-state index contributed by atoms with van der Waals surface area (Å²) in [5, 5.41) is 13.1. The van der Waals surface area contributed by atoms with E-state index in [9.17, 15) is 0 Å². The van der Waals surface area contributed by atoms with Crippen molar-refractivity contribution in [2.45, 2.75) is 39.5 Å². The number of unbranched alkanes of at least 4 members (excludes halogenated alkanes) is 3. The number of aromatic nitrogens is 4. The highest BCUT2D eigenvalue weighted by Crippen LogP contribution is 2.28. The lowest BCUT2D eigenvalue weighted by Crippen LogP contribution is -1.84. The zero-order valence-electron chi connectivity index (χ0n) is 15.3. The van der Waals surface area contributed by atoms with E-state index in [2.05, 4.69) is 65.6 Å². The molecule has 0 radical (unpaired) electrons. The van der Waals surface area contributed by atoms with Crippen LogP contribution in [0, 0.1) is 0 Å². The van der Waals surface area contributed by atoms with Crippen molar-refractivity contribution in [2.75, 3.05) is 0 Å². The van der Waals surface area contributed by atoms with Crippen LogP contribution in [0.5, 0.6) is 0 Å². The van der Waals surface area contributed by atoms with E-state index in [1.165, 1.54) is 19.3 Å². The number of nitrogens with zero attached hydrogens (tertiary/aromatic N) is 3. The largest absolute Gasteiger partial charge is 0.277 e. The molecule has 0 unspecified atom stereocenters. The van der Waals surface area contributed by atoms with Gasteiger partial charge in [-0.25, -0.2) is 0 Å². The Hall–Kier alpha value is -2.62. The van der Waals surface area contributed by atoms with Crippen molar-refractivity contribution in [3.05, 3.63) is 54.5 Å². The molecular formula is C21H26N4. The Morgan fingerprint density at radius 3 is 2.84 bits per heavy atom. The van der Waals surface area contributed by atoms with Gasteiger partial charge < -0.3 is 0 Å². The topological polar surface area (TPSA) is 46.5 Å². The minimum atomic E-state index is 1.01. The van der Waals surface area contributed by atoms with Crippen LogP contribution in [-0.4, -0.2) is 20.0 Å². The van der Waals surface area contributed by atoms with Gasteiger partial charge in [-0.05, 0) is 43.0 Å². The van der Waals surface area contributed by atoms with Crippen LogP contribution in [0.1, 0.15) is 45.2 Å². The van der Waals surface area contributed by atoms with Gasteiger partial charge in [0.15, 0.2) is 0 Å². The first-order valence-electron chi connectivity index (χ1n) is 9.03. The van der Waals surface area contributed by atoms with E-state index in [4.69, 9.17) is 0 Å². The number of hydrogen-bond donors (Lipinski definition) is 1. The van der Waals surface area contributed by atoms with Gasteiger partial charge in [0.1, 0.15) is 0 Å². The second kappa shape index (κ2) is 7.97. The van der Waals surface area contributed by atoms with Gasteiger partial charge >= 0.3 is 0 Å². The van der Waals surface area contributed by atoms with Gasteiger partial charge in [0, 0.05) is 24.2 Å². The molecule has 0 saturated heterocycles. The van der Waals surface area contributed by atoms with Crippen molar-refractivity contribution in [3.63, 3.8) is 0 Å². The van der Waals surface area contributed by atoms with E-state index < -0.39 is 0 Å². The molecular weight excluding hydrogens is 308 g/mol. The molecule has 4 heteroatoms. The van der Waals surface area contributed by atoms with Gasteiger partial charge in [0.05, 0.1) is 17.4 Å². The predicted octanol–water partition coefficient (Wildman–Crippen LogP) is 5.50. The van der Waals surface area contributed by atoms with Crippen molar-refractivity contribution < 1.29 is 0 Å². The second-order valence-corrected chi connectivity index (χ2v) is 6.38. The average molecular weight is 334 g/mol. The number of aromatic amines is 1. The van der Waals surface area contributed by atoms with Crippen LogP contribution in [0.3, 0.4) is 0 Å². The van der Waals surface area contributed by atoms with Gasteiger partial charge in [0.2, 0.25) is 0 Å². The summed E-state index contributed by atoms with van der Waals surface area (Å²) < 4.78 is 1.83. The maximum atomic E-state index is 4.56. The number of hydrogen-bond acceptors (Lipinski definition) is 2. The van der Waals surface area contributed by atoms with E-state index in [0.29, 0.717) is 0 Å². The van der Waals surface area contributed by atoms with Crippen LogP contribution < -0.4 is 0 Å². The van der Waals surface area contributed by atoms with Gasteiger partial charge in [0.25, 0.3) is 0 Å².